The number of carbonyl (C=O) groups is 1. The highest BCUT2D eigenvalue weighted by atomic mass is 16.6. The van der Waals surface area contributed by atoms with Crippen molar-refractivity contribution in [3.63, 3.8) is 0 Å². The second-order valence-electron chi connectivity index (χ2n) is 6.28. The highest BCUT2D eigenvalue weighted by molar-refractivity contribution is 5.68. The van der Waals surface area contributed by atoms with Crippen molar-refractivity contribution in [3.8, 4) is 0 Å². The zero-order valence-corrected chi connectivity index (χ0v) is 17.3. The summed E-state index contributed by atoms with van der Waals surface area (Å²) >= 11 is 0. The van der Waals surface area contributed by atoms with Crippen LogP contribution in [0.1, 0.15) is 68.2 Å². The smallest absolute Gasteiger partial charge is 0.410 e. The molecule has 0 aromatic heterocycles. The zero-order valence-electron chi connectivity index (χ0n) is 17.3. The van der Waals surface area contributed by atoms with Crippen molar-refractivity contribution in [1.29, 1.82) is 0 Å². The van der Waals surface area contributed by atoms with Gasteiger partial charge in [0.2, 0.25) is 0 Å². The molecule has 3 N–H and O–H groups in total. The lowest BCUT2D eigenvalue weighted by atomic mass is 10.1. The highest BCUT2D eigenvalue weighted by Crippen LogP contribution is 2.13. The van der Waals surface area contributed by atoms with Crippen molar-refractivity contribution < 1.29 is 14.6 Å². The van der Waals surface area contributed by atoms with Crippen molar-refractivity contribution >= 4 is 6.09 Å². The first-order valence-electron chi connectivity index (χ1n) is 9.13. The summed E-state index contributed by atoms with van der Waals surface area (Å²) in [5.74, 6) is 0.0536. The van der Waals surface area contributed by atoms with Gasteiger partial charge in [0.15, 0.2) is 0 Å². The van der Waals surface area contributed by atoms with Gasteiger partial charge in [-0.25, -0.2) is 4.79 Å². The van der Waals surface area contributed by atoms with E-state index in [0.29, 0.717) is 18.8 Å². The van der Waals surface area contributed by atoms with Gasteiger partial charge in [-0.15, -0.1) is 0 Å². The number of aliphatic hydroxyl groups is 1. The van der Waals surface area contributed by atoms with Crippen molar-refractivity contribution in [2.24, 2.45) is 5.73 Å². The molecule has 146 valence electrons. The molecule has 0 aromatic rings. The predicted octanol–water partition coefficient (Wildman–Crippen LogP) is 5.30. The molecule has 5 nitrogen and oxygen atoms in total. The first-order chi connectivity index (χ1) is 11.6. The van der Waals surface area contributed by atoms with Crippen LogP contribution in [-0.2, 0) is 4.74 Å². The number of ether oxygens (including phenoxy) is 1. The number of rotatable bonds is 7. The average Bonchev–Trinajstić information content (AvgIpc) is 2.57. The molecular weight excluding hydrogens is 316 g/mol. The Morgan fingerprint density at radius 2 is 1.76 bits per heavy atom. The van der Waals surface area contributed by atoms with Crippen LogP contribution in [-0.4, -0.2) is 34.8 Å². The summed E-state index contributed by atoms with van der Waals surface area (Å²) in [6.07, 6.45) is 6.36. The minimum absolute atomic E-state index is 0.0536. The van der Waals surface area contributed by atoms with Crippen LogP contribution in [0.5, 0.6) is 0 Å². The molecule has 5 heteroatoms. The van der Waals surface area contributed by atoms with Crippen molar-refractivity contribution in [2.45, 2.75) is 73.8 Å². The summed E-state index contributed by atoms with van der Waals surface area (Å²) in [5.41, 5.74) is 6.61. The van der Waals surface area contributed by atoms with Crippen LogP contribution in [0.3, 0.4) is 0 Å². The van der Waals surface area contributed by atoms with Crippen LogP contribution in [0.15, 0.2) is 35.3 Å². The van der Waals surface area contributed by atoms with Crippen LogP contribution < -0.4 is 5.73 Å². The molecule has 0 bridgehead atoms. The van der Waals surface area contributed by atoms with E-state index >= 15 is 0 Å². The molecule has 0 saturated carbocycles. The van der Waals surface area contributed by atoms with Gasteiger partial charge in [-0.1, -0.05) is 38.5 Å². The van der Waals surface area contributed by atoms with Gasteiger partial charge in [-0.3, -0.25) is 0 Å². The first-order valence-corrected chi connectivity index (χ1v) is 9.13. The average molecular weight is 355 g/mol. The van der Waals surface area contributed by atoms with Gasteiger partial charge in [-0.2, -0.15) is 0 Å². The summed E-state index contributed by atoms with van der Waals surface area (Å²) in [5, 5.41) is 9.74. The maximum absolute atomic E-state index is 12.1. The topological polar surface area (TPSA) is 75.8 Å². The molecule has 0 rings (SSSR count). The van der Waals surface area contributed by atoms with Crippen LogP contribution in [0, 0.1) is 0 Å². The first kappa shape index (κ1) is 25.3. The minimum Gasteiger partial charge on any atom is -0.506 e. The minimum atomic E-state index is -0.494. The fourth-order valence-corrected chi connectivity index (χ4v) is 1.80. The van der Waals surface area contributed by atoms with Gasteiger partial charge in [0.1, 0.15) is 11.4 Å². The second kappa shape index (κ2) is 13.4. The number of hydrogen-bond acceptors (Lipinski definition) is 4. The fourth-order valence-electron chi connectivity index (χ4n) is 1.80. The molecule has 0 aromatic carbocycles. The fraction of sp³-hybridized carbons (Fsp3) is 0.650. The Labute approximate surface area is 154 Å². The van der Waals surface area contributed by atoms with Gasteiger partial charge in [0.05, 0.1) is 5.70 Å². The molecule has 0 unspecified atom stereocenters. The lowest BCUT2D eigenvalue weighted by Crippen LogP contribution is -2.37. The normalized spacial score (nSPS) is 13.0. The SMILES string of the molecule is C/C=C(N)/C(O)=C\C=C(/CC)CCN(CC)C(=O)OC(C)(C)C.CC. The summed E-state index contributed by atoms with van der Waals surface area (Å²) in [6, 6.07) is 0. The van der Waals surface area contributed by atoms with Gasteiger partial charge in [0.25, 0.3) is 0 Å². The molecule has 0 spiro atoms. The summed E-state index contributed by atoms with van der Waals surface area (Å²) < 4.78 is 5.39. The third kappa shape index (κ3) is 12.1. The standard InChI is InChI=1S/C18H32N2O3.C2H6/c1-7-14(10-11-16(21)15(19)8-2)12-13-20(9-3)17(22)23-18(4,5)6;1-2/h8,10-11,21H,7,9,12-13,19H2,1-6H3;1-2H3/b14-10+,15-8-,16-11+;. The molecule has 0 atom stereocenters. The van der Waals surface area contributed by atoms with E-state index in [1.807, 2.05) is 54.5 Å². The van der Waals surface area contributed by atoms with E-state index in [9.17, 15) is 9.90 Å². The Kier molecular flexibility index (Phi) is 13.6. The van der Waals surface area contributed by atoms with Crippen molar-refractivity contribution in [3.05, 3.63) is 35.3 Å². The Hall–Kier alpha value is -1.91. The predicted molar refractivity (Wildman–Crippen MR) is 106 cm³/mol. The van der Waals surface area contributed by atoms with E-state index in [4.69, 9.17) is 10.5 Å². The largest absolute Gasteiger partial charge is 0.506 e. The number of nitrogens with zero attached hydrogens (tertiary/aromatic N) is 1. The van der Waals surface area contributed by atoms with Gasteiger partial charge in [0, 0.05) is 13.1 Å². The number of aliphatic hydroxyl groups excluding tert-OH is 1. The van der Waals surface area contributed by atoms with Crippen LogP contribution in [0.4, 0.5) is 4.79 Å². The van der Waals surface area contributed by atoms with Crippen LogP contribution in [0.25, 0.3) is 0 Å². The Bertz CT molecular complexity index is 472. The maximum Gasteiger partial charge on any atom is 0.410 e. The number of carbonyl (C=O) groups excluding carboxylic acids is 1. The maximum atomic E-state index is 12.1. The number of amides is 1. The Balaban J connectivity index is 0. The van der Waals surface area contributed by atoms with Crippen LogP contribution >= 0.6 is 0 Å². The highest BCUT2D eigenvalue weighted by Gasteiger charge is 2.20. The molecule has 0 fully saturated rings. The molecule has 25 heavy (non-hydrogen) atoms. The third-order valence-electron chi connectivity index (χ3n) is 3.27. The lowest BCUT2D eigenvalue weighted by molar-refractivity contribution is 0.0262. The Morgan fingerprint density at radius 3 is 2.16 bits per heavy atom. The van der Waals surface area contributed by atoms with Crippen molar-refractivity contribution in [2.75, 3.05) is 13.1 Å². The molecule has 0 aliphatic carbocycles. The lowest BCUT2D eigenvalue weighted by Gasteiger charge is -2.26. The molecule has 0 heterocycles. The summed E-state index contributed by atoms with van der Waals surface area (Å²) in [7, 11) is 0. The molecule has 0 radical (unpaired) electrons. The van der Waals surface area contributed by atoms with E-state index in [0.717, 1.165) is 18.4 Å². The number of hydrogen-bond donors (Lipinski definition) is 2. The van der Waals surface area contributed by atoms with E-state index in [-0.39, 0.29) is 11.9 Å². The molecule has 0 saturated heterocycles. The van der Waals surface area contributed by atoms with E-state index in [2.05, 4.69) is 0 Å². The monoisotopic (exact) mass is 354 g/mol. The summed E-state index contributed by atoms with van der Waals surface area (Å²) in [4.78, 5) is 13.8. The molecule has 0 aliphatic heterocycles. The van der Waals surface area contributed by atoms with Gasteiger partial charge < -0.3 is 20.5 Å². The second-order valence-corrected chi connectivity index (χ2v) is 6.28. The molecular formula is C20H38N2O3. The Morgan fingerprint density at radius 1 is 1.20 bits per heavy atom. The third-order valence-corrected chi connectivity index (χ3v) is 3.27. The zero-order chi connectivity index (χ0) is 20.0. The van der Waals surface area contributed by atoms with Crippen molar-refractivity contribution in [1.82, 2.24) is 4.90 Å². The van der Waals surface area contributed by atoms with Crippen LogP contribution in [0.2, 0.25) is 0 Å². The van der Waals surface area contributed by atoms with E-state index < -0.39 is 5.60 Å². The van der Waals surface area contributed by atoms with Gasteiger partial charge in [-0.05, 0) is 53.5 Å². The summed E-state index contributed by atoms with van der Waals surface area (Å²) in [6.45, 7) is 16.5. The van der Waals surface area contributed by atoms with Gasteiger partial charge >= 0.3 is 6.09 Å². The number of allylic oxidation sites excluding steroid dienone is 3. The quantitative estimate of drug-likeness (QED) is 0.480. The molecule has 1 amide bonds. The van der Waals surface area contributed by atoms with E-state index in [1.165, 1.54) is 0 Å². The number of nitrogens with two attached hydrogens (primary N) is 1. The van der Waals surface area contributed by atoms with E-state index in [1.54, 1.807) is 24.0 Å². The molecule has 0 aliphatic rings.